The first-order valence-electron chi connectivity index (χ1n) is 8.25. The Bertz CT molecular complexity index is 1030. The fourth-order valence-corrected chi connectivity index (χ4v) is 3.74. The van der Waals surface area contributed by atoms with E-state index in [1.807, 2.05) is 6.07 Å². The maximum absolute atomic E-state index is 6.24. The van der Waals surface area contributed by atoms with Gasteiger partial charge in [-0.1, -0.05) is 78.9 Å². The van der Waals surface area contributed by atoms with Crippen molar-refractivity contribution >= 4 is 10.8 Å². The molecule has 0 aliphatic carbocycles. The quantitative estimate of drug-likeness (QED) is 0.362. The molecule has 0 spiro atoms. The molecule has 1 nitrogen and oxygen atoms in total. The van der Waals surface area contributed by atoms with E-state index in [0.29, 0.717) is 0 Å². The maximum atomic E-state index is 6.24. The highest BCUT2D eigenvalue weighted by Crippen LogP contribution is 2.49. The van der Waals surface area contributed by atoms with Crippen molar-refractivity contribution in [2.45, 2.75) is 5.92 Å². The Labute approximate surface area is 141 Å². The Morgan fingerprint density at radius 3 is 2.25 bits per heavy atom. The molecule has 0 saturated heterocycles. The predicted octanol–water partition coefficient (Wildman–Crippen LogP) is 6.13. The Hall–Kier alpha value is -3.06. The number of benzene rings is 4. The van der Waals surface area contributed by atoms with Crippen molar-refractivity contribution in [2.75, 3.05) is 0 Å². The van der Waals surface area contributed by atoms with Crippen molar-refractivity contribution in [3.05, 3.63) is 108 Å². The summed E-state index contributed by atoms with van der Waals surface area (Å²) in [6, 6.07) is 31.9. The van der Waals surface area contributed by atoms with Gasteiger partial charge in [-0.3, -0.25) is 0 Å². The summed E-state index contributed by atoms with van der Waals surface area (Å²) < 4.78 is 6.24. The molecule has 0 aromatic heterocycles. The number of rotatable bonds is 1. The zero-order chi connectivity index (χ0) is 15.9. The number of hydrogen-bond donors (Lipinski definition) is 0. The van der Waals surface area contributed by atoms with Gasteiger partial charge in [-0.05, 0) is 28.5 Å². The second-order valence-electron chi connectivity index (χ2n) is 6.18. The molecular formula is C23H16O. The second-order valence-corrected chi connectivity index (χ2v) is 6.18. The van der Waals surface area contributed by atoms with Crippen molar-refractivity contribution in [3.63, 3.8) is 0 Å². The van der Waals surface area contributed by atoms with Crippen LogP contribution >= 0.6 is 0 Å². The fourth-order valence-electron chi connectivity index (χ4n) is 3.74. The van der Waals surface area contributed by atoms with Gasteiger partial charge in [0, 0.05) is 17.0 Å². The van der Waals surface area contributed by atoms with Crippen LogP contribution in [0.4, 0.5) is 0 Å². The van der Waals surface area contributed by atoms with E-state index in [4.69, 9.17) is 4.74 Å². The van der Waals surface area contributed by atoms with Crippen LogP contribution in [-0.2, 0) is 0 Å². The first-order valence-corrected chi connectivity index (χ1v) is 8.25. The molecular weight excluding hydrogens is 292 g/mol. The molecule has 1 aliphatic heterocycles. The zero-order valence-corrected chi connectivity index (χ0v) is 13.1. The monoisotopic (exact) mass is 308 g/mol. The molecule has 0 radical (unpaired) electrons. The van der Waals surface area contributed by atoms with Crippen LogP contribution in [0.3, 0.4) is 0 Å². The molecule has 1 aliphatic rings. The van der Waals surface area contributed by atoms with Gasteiger partial charge in [0.2, 0.25) is 0 Å². The molecule has 114 valence electrons. The predicted molar refractivity (Wildman–Crippen MR) is 97.9 cm³/mol. The average Bonchev–Trinajstić information content (AvgIpc) is 2.66. The second kappa shape index (κ2) is 5.24. The smallest absolute Gasteiger partial charge is 0.132 e. The van der Waals surface area contributed by atoms with Crippen LogP contribution in [0.2, 0.25) is 0 Å². The van der Waals surface area contributed by atoms with Crippen LogP contribution in [0, 0.1) is 0 Å². The van der Waals surface area contributed by atoms with E-state index in [-0.39, 0.29) is 5.92 Å². The Morgan fingerprint density at radius 1 is 0.583 bits per heavy atom. The molecule has 0 amide bonds. The van der Waals surface area contributed by atoms with E-state index in [1.165, 1.54) is 27.5 Å². The normalized spacial score (nSPS) is 15.4. The summed E-state index contributed by atoms with van der Waals surface area (Å²) in [5.41, 5.74) is 3.79. The van der Waals surface area contributed by atoms with Crippen LogP contribution in [-0.4, -0.2) is 0 Å². The molecule has 4 aromatic rings. The summed E-state index contributed by atoms with van der Waals surface area (Å²) in [4.78, 5) is 0. The fraction of sp³-hybridized carbons (Fsp3) is 0.0435. The molecule has 1 heteroatoms. The lowest BCUT2D eigenvalue weighted by Crippen LogP contribution is -2.12. The van der Waals surface area contributed by atoms with E-state index in [1.54, 1.807) is 0 Å². The topological polar surface area (TPSA) is 9.23 Å². The Morgan fingerprint density at radius 2 is 1.33 bits per heavy atom. The number of hydrogen-bond acceptors (Lipinski definition) is 1. The van der Waals surface area contributed by atoms with E-state index in [0.717, 1.165) is 11.5 Å². The summed E-state index contributed by atoms with van der Waals surface area (Å²) in [5, 5.41) is 2.51. The first kappa shape index (κ1) is 13.4. The van der Waals surface area contributed by atoms with Gasteiger partial charge in [-0.15, -0.1) is 0 Å². The van der Waals surface area contributed by atoms with Crippen molar-refractivity contribution in [1.29, 1.82) is 0 Å². The van der Waals surface area contributed by atoms with Gasteiger partial charge < -0.3 is 4.74 Å². The van der Waals surface area contributed by atoms with Crippen molar-refractivity contribution in [3.8, 4) is 11.5 Å². The third-order valence-electron chi connectivity index (χ3n) is 4.80. The molecule has 24 heavy (non-hydrogen) atoms. The van der Waals surface area contributed by atoms with Crippen LogP contribution in [0.5, 0.6) is 11.5 Å². The Kier molecular flexibility index (Phi) is 2.92. The number of ether oxygens (including phenoxy) is 1. The molecule has 0 N–H and O–H groups in total. The summed E-state index contributed by atoms with van der Waals surface area (Å²) in [6.45, 7) is 0. The molecule has 0 fully saturated rings. The minimum Gasteiger partial charge on any atom is -0.457 e. The average molecular weight is 308 g/mol. The van der Waals surface area contributed by atoms with Crippen LogP contribution in [0.1, 0.15) is 22.6 Å². The van der Waals surface area contributed by atoms with Gasteiger partial charge in [0.05, 0.1) is 0 Å². The summed E-state index contributed by atoms with van der Waals surface area (Å²) in [6.07, 6.45) is 0. The van der Waals surface area contributed by atoms with Crippen molar-refractivity contribution in [2.24, 2.45) is 0 Å². The van der Waals surface area contributed by atoms with Crippen LogP contribution in [0.15, 0.2) is 91.0 Å². The SMILES string of the molecule is c1ccc(C2c3ccccc3Oc3ccc4ccccc4c32)cc1. The van der Waals surface area contributed by atoms with Gasteiger partial charge in [0.15, 0.2) is 0 Å². The lowest BCUT2D eigenvalue weighted by atomic mass is 9.80. The summed E-state index contributed by atoms with van der Waals surface area (Å²) in [7, 11) is 0. The van der Waals surface area contributed by atoms with E-state index >= 15 is 0 Å². The lowest BCUT2D eigenvalue weighted by Gasteiger charge is -2.30. The maximum Gasteiger partial charge on any atom is 0.132 e. The molecule has 5 rings (SSSR count). The third kappa shape index (κ3) is 1.95. The first-order chi connectivity index (χ1) is 11.9. The standard InChI is InChI=1S/C23H16O/c1-2-9-17(10-3-1)22-19-12-6-7-13-20(19)24-21-15-14-16-8-4-5-11-18(16)23(21)22/h1-15,22H. The lowest BCUT2D eigenvalue weighted by molar-refractivity contribution is 0.454. The van der Waals surface area contributed by atoms with Gasteiger partial charge >= 0.3 is 0 Å². The summed E-state index contributed by atoms with van der Waals surface area (Å²) >= 11 is 0. The highest BCUT2D eigenvalue weighted by atomic mass is 16.5. The minimum absolute atomic E-state index is 0.192. The highest BCUT2D eigenvalue weighted by Gasteiger charge is 2.29. The van der Waals surface area contributed by atoms with Gasteiger partial charge in [-0.25, -0.2) is 0 Å². The molecule has 4 aromatic carbocycles. The molecule has 1 heterocycles. The Balaban J connectivity index is 1.87. The number of para-hydroxylation sites is 1. The molecule has 0 bridgehead atoms. The molecule has 1 atom stereocenters. The van der Waals surface area contributed by atoms with E-state index in [9.17, 15) is 0 Å². The largest absolute Gasteiger partial charge is 0.457 e. The molecule has 1 unspecified atom stereocenters. The third-order valence-corrected chi connectivity index (χ3v) is 4.80. The van der Waals surface area contributed by atoms with E-state index in [2.05, 4.69) is 84.9 Å². The minimum atomic E-state index is 0.192. The van der Waals surface area contributed by atoms with Crippen molar-refractivity contribution < 1.29 is 4.74 Å². The van der Waals surface area contributed by atoms with Gasteiger partial charge in [-0.2, -0.15) is 0 Å². The van der Waals surface area contributed by atoms with Crippen LogP contribution < -0.4 is 4.74 Å². The van der Waals surface area contributed by atoms with Crippen molar-refractivity contribution in [1.82, 2.24) is 0 Å². The van der Waals surface area contributed by atoms with Crippen LogP contribution in [0.25, 0.3) is 10.8 Å². The van der Waals surface area contributed by atoms with Gasteiger partial charge in [0.25, 0.3) is 0 Å². The zero-order valence-electron chi connectivity index (χ0n) is 13.1. The summed E-state index contributed by atoms with van der Waals surface area (Å²) in [5.74, 6) is 2.10. The highest BCUT2D eigenvalue weighted by molar-refractivity contribution is 5.90. The number of fused-ring (bicyclic) bond motifs is 4. The van der Waals surface area contributed by atoms with E-state index < -0.39 is 0 Å². The van der Waals surface area contributed by atoms with Gasteiger partial charge in [0.1, 0.15) is 11.5 Å². The molecule has 0 saturated carbocycles.